The van der Waals surface area contributed by atoms with E-state index in [0.717, 1.165) is 0 Å². The second kappa shape index (κ2) is 7.16. The molecule has 0 aliphatic rings. The summed E-state index contributed by atoms with van der Waals surface area (Å²) in [4.78, 5) is 25.1. The third-order valence-electron chi connectivity index (χ3n) is 2.87. The summed E-state index contributed by atoms with van der Waals surface area (Å²) in [6, 6.07) is 6.92. The van der Waals surface area contributed by atoms with E-state index in [1.165, 1.54) is 15.9 Å². The molecular weight excluding hydrogens is 288 g/mol. The molecular formula is C13H16N6O3. The highest BCUT2D eigenvalue weighted by atomic mass is 16.5. The van der Waals surface area contributed by atoms with Gasteiger partial charge in [0, 0.05) is 12.7 Å². The zero-order valence-electron chi connectivity index (χ0n) is 12.3. The van der Waals surface area contributed by atoms with E-state index in [2.05, 4.69) is 20.8 Å². The van der Waals surface area contributed by atoms with Crippen molar-refractivity contribution in [2.45, 2.75) is 6.54 Å². The number of ether oxygens (including phenoxy) is 1. The molecule has 1 aromatic carbocycles. The third kappa shape index (κ3) is 4.27. The monoisotopic (exact) mass is 304 g/mol. The van der Waals surface area contributed by atoms with Crippen molar-refractivity contribution < 1.29 is 14.3 Å². The van der Waals surface area contributed by atoms with Crippen molar-refractivity contribution in [1.82, 2.24) is 25.1 Å². The number of rotatable bonds is 6. The molecule has 0 aliphatic heterocycles. The summed E-state index contributed by atoms with van der Waals surface area (Å²) in [5, 5.41) is 13.2. The van der Waals surface area contributed by atoms with Crippen molar-refractivity contribution in [3.8, 4) is 5.75 Å². The van der Waals surface area contributed by atoms with Gasteiger partial charge < -0.3 is 15.0 Å². The van der Waals surface area contributed by atoms with Crippen LogP contribution in [0.25, 0.3) is 0 Å². The molecule has 9 heteroatoms. The van der Waals surface area contributed by atoms with Gasteiger partial charge in [-0.3, -0.25) is 9.59 Å². The van der Waals surface area contributed by atoms with Gasteiger partial charge in [-0.15, -0.1) is 5.10 Å². The molecule has 1 N–H and O–H groups in total. The van der Waals surface area contributed by atoms with Crippen molar-refractivity contribution in [1.29, 1.82) is 0 Å². The number of tetrazole rings is 1. The van der Waals surface area contributed by atoms with Crippen LogP contribution in [0.15, 0.2) is 30.6 Å². The Morgan fingerprint density at radius 1 is 1.32 bits per heavy atom. The van der Waals surface area contributed by atoms with E-state index in [0.29, 0.717) is 11.4 Å². The van der Waals surface area contributed by atoms with Gasteiger partial charge >= 0.3 is 0 Å². The minimum Gasteiger partial charge on any atom is -0.497 e. The molecule has 0 radical (unpaired) electrons. The Morgan fingerprint density at radius 3 is 2.64 bits per heavy atom. The predicted octanol–water partition coefficient (Wildman–Crippen LogP) is -0.221. The first-order valence-corrected chi connectivity index (χ1v) is 6.47. The fourth-order valence-electron chi connectivity index (χ4n) is 1.69. The topological polar surface area (TPSA) is 102 Å². The van der Waals surface area contributed by atoms with Gasteiger partial charge in [0.05, 0.1) is 13.7 Å². The van der Waals surface area contributed by atoms with Crippen LogP contribution < -0.4 is 10.1 Å². The lowest BCUT2D eigenvalue weighted by Crippen LogP contribution is -2.37. The number of hydrogen-bond donors (Lipinski definition) is 1. The third-order valence-corrected chi connectivity index (χ3v) is 2.87. The molecule has 1 aromatic heterocycles. The summed E-state index contributed by atoms with van der Waals surface area (Å²) in [5.41, 5.74) is 0.632. The number of carbonyl (C=O) groups is 2. The van der Waals surface area contributed by atoms with E-state index in [4.69, 9.17) is 4.74 Å². The van der Waals surface area contributed by atoms with Crippen molar-refractivity contribution in [3.05, 3.63) is 30.6 Å². The van der Waals surface area contributed by atoms with E-state index >= 15 is 0 Å². The lowest BCUT2D eigenvalue weighted by atomic mass is 10.3. The Bertz CT molecular complexity index is 626. The number of nitrogens with zero attached hydrogens (tertiary/aromatic N) is 5. The van der Waals surface area contributed by atoms with Crippen LogP contribution in [-0.4, -0.2) is 57.6 Å². The molecule has 0 spiro atoms. The van der Waals surface area contributed by atoms with Gasteiger partial charge in [-0.25, -0.2) is 4.68 Å². The Balaban J connectivity index is 1.83. The highest BCUT2D eigenvalue weighted by Crippen LogP contribution is 2.14. The van der Waals surface area contributed by atoms with Gasteiger partial charge in [0.25, 0.3) is 0 Å². The second-order valence-electron chi connectivity index (χ2n) is 4.53. The number of carbonyl (C=O) groups excluding carboxylic acids is 2. The van der Waals surface area contributed by atoms with Gasteiger partial charge in [0.2, 0.25) is 11.8 Å². The van der Waals surface area contributed by atoms with E-state index in [1.54, 1.807) is 38.4 Å². The van der Waals surface area contributed by atoms with Crippen LogP contribution in [-0.2, 0) is 16.1 Å². The van der Waals surface area contributed by atoms with Crippen LogP contribution in [0.3, 0.4) is 0 Å². The van der Waals surface area contributed by atoms with Crippen molar-refractivity contribution in [2.24, 2.45) is 0 Å². The summed E-state index contributed by atoms with van der Waals surface area (Å²) in [7, 11) is 3.11. The molecule has 0 unspecified atom stereocenters. The molecule has 0 saturated carbocycles. The van der Waals surface area contributed by atoms with Gasteiger partial charge in [-0.05, 0) is 34.7 Å². The molecule has 22 heavy (non-hydrogen) atoms. The molecule has 0 aliphatic carbocycles. The number of aromatic nitrogens is 4. The highest BCUT2D eigenvalue weighted by Gasteiger charge is 2.14. The molecule has 2 rings (SSSR count). The second-order valence-corrected chi connectivity index (χ2v) is 4.53. The number of likely N-dealkylation sites (N-methyl/N-ethyl adjacent to an activating group) is 1. The van der Waals surface area contributed by atoms with Crippen LogP contribution in [0.5, 0.6) is 5.75 Å². The maximum atomic E-state index is 11.9. The molecule has 1 heterocycles. The normalized spacial score (nSPS) is 10.1. The first kappa shape index (κ1) is 15.4. The van der Waals surface area contributed by atoms with Crippen LogP contribution in [0.4, 0.5) is 5.69 Å². The zero-order chi connectivity index (χ0) is 15.9. The predicted molar refractivity (Wildman–Crippen MR) is 77.1 cm³/mol. The first-order chi connectivity index (χ1) is 10.6. The van der Waals surface area contributed by atoms with Crippen LogP contribution in [0.1, 0.15) is 0 Å². The first-order valence-electron chi connectivity index (χ1n) is 6.47. The number of amides is 2. The summed E-state index contributed by atoms with van der Waals surface area (Å²) in [5.74, 6) is 0.140. The fourth-order valence-corrected chi connectivity index (χ4v) is 1.69. The molecule has 2 amide bonds. The Kier molecular flexibility index (Phi) is 5.02. The molecule has 0 atom stereocenters. The number of methoxy groups -OCH3 is 1. The minimum absolute atomic E-state index is 0.0146. The van der Waals surface area contributed by atoms with Gasteiger partial charge in [-0.2, -0.15) is 0 Å². The number of nitrogens with one attached hydrogen (secondary N) is 1. The molecule has 0 bridgehead atoms. The van der Waals surface area contributed by atoms with Crippen LogP contribution in [0, 0.1) is 0 Å². The van der Waals surface area contributed by atoms with Crippen LogP contribution in [0.2, 0.25) is 0 Å². The Labute approximate surface area is 126 Å². The summed E-state index contributed by atoms with van der Waals surface area (Å²) < 4.78 is 6.33. The smallest absolute Gasteiger partial charge is 0.244 e. The average molecular weight is 304 g/mol. The van der Waals surface area contributed by atoms with Crippen molar-refractivity contribution >= 4 is 17.5 Å². The fraction of sp³-hybridized carbons (Fsp3) is 0.308. The quantitative estimate of drug-likeness (QED) is 0.791. The minimum atomic E-state index is -0.294. The molecule has 2 aromatic rings. The van der Waals surface area contributed by atoms with Crippen LogP contribution >= 0.6 is 0 Å². The van der Waals surface area contributed by atoms with Crippen molar-refractivity contribution in [3.63, 3.8) is 0 Å². The molecule has 0 saturated heterocycles. The maximum Gasteiger partial charge on any atom is 0.244 e. The van der Waals surface area contributed by atoms with Gasteiger partial charge in [0.1, 0.15) is 18.6 Å². The lowest BCUT2D eigenvalue weighted by molar-refractivity contribution is -0.134. The van der Waals surface area contributed by atoms with E-state index < -0.39 is 0 Å². The van der Waals surface area contributed by atoms with Gasteiger partial charge in [0.15, 0.2) is 0 Å². The van der Waals surface area contributed by atoms with Gasteiger partial charge in [-0.1, -0.05) is 0 Å². The standard InChI is InChI=1S/C13H16N6O3/c1-18(13(21)8-19-9-14-16-17-19)7-12(20)15-10-3-5-11(22-2)6-4-10/h3-6,9H,7-8H2,1-2H3,(H,15,20). The number of benzene rings is 1. The number of anilines is 1. The lowest BCUT2D eigenvalue weighted by Gasteiger charge is -2.16. The maximum absolute atomic E-state index is 11.9. The summed E-state index contributed by atoms with van der Waals surface area (Å²) in [6.07, 6.45) is 1.34. The molecule has 116 valence electrons. The Hall–Kier alpha value is -2.97. The van der Waals surface area contributed by atoms with Crippen molar-refractivity contribution in [2.75, 3.05) is 26.0 Å². The summed E-state index contributed by atoms with van der Waals surface area (Å²) in [6.45, 7) is -0.0771. The van der Waals surface area contributed by atoms with E-state index in [-0.39, 0.29) is 24.9 Å². The number of hydrogen-bond acceptors (Lipinski definition) is 6. The largest absolute Gasteiger partial charge is 0.497 e. The molecule has 0 fully saturated rings. The SMILES string of the molecule is COc1ccc(NC(=O)CN(C)C(=O)Cn2cnnn2)cc1. The average Bonchev–Trinajstić information content (AvgIpc) is 3.00. The molecule has 9 nitrogen and oxygen atoms in total. The highest BCUT2D eigenvalue weighted by molar-refractivity contribution is 5.94. The van der Waals surface area contributed by atoms with E-state index in [1.807, 2.05) is 0 Å². The Morgan fingerprint density at radius 2 is 2.05 bits per heavy atom. The summed E-state index contributed by atoms with van der Waals surface area (Å²) >= 11 is 0. The zero-order valence-corrected chi connectivity index (χ0v) is 12.3. The van der Waals surface area contributed by atoms with E-state index in [9.17, 15) is 9.59 Å².